The van der Waals surface area contributed by atoms with E-state index in [1.807, 2.05) is 17.8 Å². The van der Waals surface area contributed by atoms with E-state index in [1.165, 1.54) is 0 Å². The van der Waals surface area contributed by atoms with Crippen LogP contribution >= 0.6 is 11.8 Å². The van der Waals surface area contributed by atoms with Gasteiger partial charge in [-0.1, -0.05) is 6.08 Å². The van der Waals surface area contributed by atoms with E-state index in [4.69, 9.17) is 0 Å². The summed E-state index contributed by atoms with van der Waals surface area (Å²) in [6.45, 7) is 3.64. The van der Waals surface area contributed by atoms with Gasteiger partial charge < -0.3 is 5.11 Å². The number of aliphatic hydroxyl groups is 1. The van der Waals surface area contributed by atoms with Gasteiger partial charge in [0.25, 0.3) is 0 Å². The fourth-order valence-electron chi connectivity index (χ4n) is 1.03. The molecule has 0 aromatic rings. The molecule has 52 valence electrons. The van der Waals surface area contributed by atoms with Gasteiger partial charge in [-0.05, 0) is 18.1 Å². The van der Waals surface area contributed by atoms with E-state index in [2.05, 4.69) is 6.58 Å². The fourth-order valence-corrected chi connectivity index (χ4v) is 2.34. The molecule has 2 heteroatoms. The SMILES string of the molecule is C=CCC1CSCC1O. The number of thioether (sulfide) groups is 1. The molecule has 1 heterocycles. The maximum absolute atomic E-state index is 9.25. The van der Waals surface area contributed by atoms with Crippen LogP contribution < -0.4 is 0 Å². The van der Waals surface area contributed by atoms with Crippen LogP contribution in [-0.4, -0.2) is 22.7 Å². The van der Waals surface area contributed by atoms with Crippen molar-refractivity contribution in [2.45, 2.75) is 12.5 Å². The van der Waals surface area contributed by atoms with E-state index in [-0.39, 0.29) is 6.10 Å². The molecule has 9 heavy (non-hydrogen) atoms. The molecule has 0 aromatic heterocycles. The van der Waals surface area contributed by atoms with E-state index in [0.29, 0.717) is 5.92 Å². The first-order valence-electron chi connectivity index (χ1n) is 3.21. The van der Waals surface area contributed by atoms with Crippen molar-refractivity contribution in [2.24, 2.45) is 5.92 Å². The molecular weight excluding hydrogens is 132 g/mol. The van der Waals surface area contributed by atoms with Crippen LogP contribution in [0.2, 0.25) is 0 Å². The minimum atomic E-state index is -0.0759. The summed E-state index contributed by atoms with van der Waals surface area (Å²) in [4.78, 5) is 0. The van der Waals surface area contributed by atoms with E-state index >= 15 is 0 Å². The number of aliphatic hydroxyl groups excluding tert-OH is 1. The summed E-state index contributed by atoms with van der Waals surface area (Å²) < 4.78 is 0. The smallest absolute Gasteiger partial charge is 0.0669 e. The normalized spacial score (nSPS) is 34.8. The summed E-state index contributed by atoms with van der Waals surface area (Å²) in [6, 6.07) is 0. The van der Waals surface area contributed by atoms with Crippen molar-refractivity contribution in [3.05, 3.63) is 12.7 Å². The van der Waals surface area contributed by atoms with E-state index in [1.54, 1.807) is 0 Å². The third-order valence-corrected chi connectivity index (χ3v) is 2.88. The summed E-state index contributed by atoms with van der Waals surface area (Å²) in [5.74, 6) is 2.50. The maximum atomic E-state index is 9.25. The highest BCUT2D eigenvalue weighted by Crippen LogP contribution is 2.26. The summed E-state index contributed by atoms with van der Waals surface area (Å²) in [6.07, 6.45) is 2.78. The molecule has 1 aliphatic rings. The Morgan fingerprint density at radius 3 is 2.89 bits per heavy atom. The van der Waals surface area contributed by atoms with Crippen LogP contribution in [0.4, 0.5) is 0 Å². The van der Waals surface area contributed by atoms with Crippen molar-refractivity contribution >= 4 is 11.8 Å². The molecule has 0 radical (unpaired) electrons. The predicted octanol–water partition coefficient (Wildman–Crippen LogP) is 1.29. The molecule has 0 bridgehead atoms. The molecule has 2 unspecified atom stereocenters. The van der Waals surface area contributed by atoms with Crippen molar-refractivity contribution in [3.8, 4) is 0 Å². The lowest BCUT2D eigenvalue weighted by molar-refractivity contribution is 0.151. The molecule has 1 nitrogen and oxygen atoms in total. The second-order valence-electron chi connectivity index (χ2n) is 2.39. The van der Waals surface area contributed by atoms with Gasteiger partial charge in [0, 0.05) is 5.75 Å². The van der Waals surface area contributed by atoms with Crippen molar-refractivity contribution in [1.29, 1.82) is 0 Å². The van der Waals surface area contributed by atoms with Crippen molar-refractivity contribution in [1.82, 2.24) is 0 Å². The minimum Gasteiger partial charge on any atom is -0.392 e. The van der Waals surface area contributed by atoms with Gasteiger partial charge >= 0.3 is 0 Å². The Balaban J connectivity index is 2.30. The van der Waals surface area contributed by atoms with Crippen LogP contribution in [-0.2, 0) is 0 Å². The van der Waals surface area contributed by atoms with Crippen molar-refractivity contribution in [2.75, 3.05) is 11.5 Å². The van der Waals surface area contributed by atoms with E-state index in [0.717, 1.165) is 17.9 Å². The first-order chi connectivity index (χ1) is 4.34. The topological polar surface area (TPSA) is 20.2 Å². The summed E-state index contributed by atoms with van der Waals surface area (Å²) in [7, 11) is 0. The second kappa shape index (κ2) is 3.28. The Morgan fingerprint density at radius 1 is 1.67 bits per heavy atom. The Labute approximate surface area is 60.2 Å². The number of allylic oxidation sites excluding steroid dienone is 1. The summed E-state index contributed by atoms with van der Waals surface area (Å²) in [5, 5.41) is 9.25. The zero-order chi connectivity index (χ0) is 6.69. The van der Waals surface area contributed by atoms with Gasteiger partial charge in [0.05, 0.1) is 6.10 Å². The lowest BCUT2D eigenvalue weighted by Crippen LogP contribution is -2.16. The first kappa shape index (κ1) is 7.16. The molecule has 1 saturated heterocycles. The third-order valence-electron chi connectivity index (χ3n) is 1.63. The number of hydrogen-bond acceptors (Lipinski definition) is 2. The molecule has 1 fully saturated rings. The highest BCUT2D eigenvalue weighted by atomic mass is 32.2. The van der Waals surface area contributed by atoms with Gasteiger partial charge in [0.1, 0.15) is 0 Å². The van der Waals surface area contributed by atoms with Crippen LogP contribution in [0.3, 0.4) is 0 Å². The molecule has 2 atom stereocenters. The van der Waals surface area contributed by atoms with Gasteiger partial charge in [0.15, 0.2) is 0 Å². The zero-order valence-electron chi connectivity index (χ0n) is 5.42. The van der Waals surface area contributed by atoms with Gasteiger partial charge in [-0.2, -0.15) is 11.8 Å². The molecular formula is C7H12OS. The van der Waals surface area contributed by atoms with Gasteiger partial charge in [-0.25, -0.2) is 0 Å². The fraction of sp³-hybridized carbons (Fsp3) is 0.714. The lowest BCUT2D eigenvalue weighted by atomic mass is 10.0. The van der Waals surface area contributed by atoms with E-state index in [9.17, 15) is 5.11 Å². The molecule has 1 aliphatic heterocycles. The van der Waals surface area contributed by atoms with Gasteiger partial charge in [-0.15, -0.1) is 6.58 Å². The van der Waals surface area contributed by atoms with Crippen LogP contribution in [0.15, 0.2) is 12.7 Å². The largest absolute Gasteiger partial charge is 0.392 e. The van der Waals surface area contributed by atoms with Gasteiger partial charge in [0.2, 0.25) is 0 Å². The molecule has 1 rings (SSSR count). The highest BCUT2D eigenvalue weighted by Gasteiger charge is 2.23. The standard InChI is InChI=1S/C7H12OS/c1-2-3-6-4-9-5-7(6)8/h2,6-8H,1,3-5H2. The Morgan fingerprint density at radius 2 is 2.44 bits per heavy atom. The number of rotatable bonds is 2. The van der Waals surface area contributed by atoms with Crippen molar-refractivity contribution in [3.63, 3.8) is 0 Å². The van der Waals surface area contributed by atoms with E-state index < -0.39 is 0 Å². The van der Waals surface area contributed by atoms with Gasteiger partial charge in [-0.3, -0.25) is 0 Å². The lowest BCUT2D eigenvalue weighted by Gasteiger charge is -2.08. The molecule has 0 aromatic carbocycles. The maximum Gasteiger partial charge on any atom is 0.0669 e. The molecule has 0 saturated carbocycles. The second-order valence-corrected chi connectivity index (χ2v) is 3.46. The Kier molecular flexibility index (Phi) is 2.61. The Bertz CT molecular complexity index is 103. The van der Waals surface area contributed by atoms with Crippen LogP contribution in [0.25, 0.3) is 0 Å². The molecule has 1 N–H and O–H groups in total. The van der Waals surface area contributed by atoms with Crippen molar-refractivity contribution < 1.29 is 5.11 Å². The van der Waals surface area contributed by atoms with Crippen LogP contribution in [0, 0.1) is 5.92 Å². The average Bonchev–Trinajstić information content (AvgIpc) is 2.18. The quantitative estimate of drug-likeness (QED) is 0.589. The highest BCUT2D eigenvalue weighted by molar-refractivity contribution is 7.99. The molecule has 0 aliphatic carbocycles. The van der Waals surface area contributed by atoms with Crippen LogP contribution in [0.5, 0.6) is 0 Å². The summed E-state index contributed by atoms with van der Waals surface area (Å²) >= 11 is 1.83. The first-order valence-corrected chi connectivity index (χ1v) is 4.36. The minimum absolute atomic E-state index is 0.0759. The molecule has 0 spiro atoms. The van der Waals surface area contributed by atoms with Crippen LogP contribution in [0.1, 0.15) is 6.42 Å². The zero-order valence-corrected chi connectivity index (χ0v) is 6.23. The summed E-state index contributed by atoms with van der Waals surface area (Å²) in [5.41, 5.74) is 0. The Hall–Kier alpha value is 0.0500. The number of hydrogen-bond donors (Lipinski definition) is 1. The molecule has 0 amide bonds. The predicted molar refractivity (Wildman–Crippen MR) is 41.6 cm³/mol. The average molecular weight is 144 g/mol. The monoisotopic (exact) mass is 144 g/mol. The third kappa shape index (κ3) is 1.73.